The lowest BCUT2D eigenvalue weighted by Crippen LogP contribution is -2.01. The second-order valence-electron chi connectivity index (χ2n) is 4.35. The highest BCUT2D eigenvalue weighted by atomic mass is 16.6. The van der Waals surface area contributed by atoms with Crippen molar-refractivity contribution in [2.24, 2.45) is 0 Å². The predicted octanol–water partition coefficient (Wildman–Crippen LogP) is 2.72. The van der Waals surface area contributed by atoms with Crippen LogP contribution in [0.5, 0.6) is 11.6 Å². The minimum absolute atomic E-state index is 0.118. The molecule has 2 aromatic rings. The topological polar surface area (TPSA) is 103 Å². The fraction of sp³-hybridized carbons (Fsp3) is 0.143. The molecule has 1 N–H and O–H groups in total. The van der Waals surface area contributed by atoms with Crippen molar-refractivity contribution in [1.29, 1.82) is 0 Å². The number of benzene rings is 1. The molecule has 0 aliphatic heterocycles. The van der Waals surface area contributed by atoms with Gasteiger partial charge in [-0.15, -0.1) is 0 Å². The molecule has 0 radical (unpaired) electrons. The molecule has 0 amide bonds. The second-order valence-corrected chi connectivity index (χ2v) is 4.35. The van der Waals surface area contributed by atoms with Crippen molar-refractivity contribution in [3.8, 4) is 11.6 Å². The highest BCUT2D eigenvalue weighted by molar-refractivity contribution is 5.70. The van der Waals surface area contributed by atoms with Crippen molar-refractivity contribution < 1.29 is 19.6 Å². The molecule has 1 aromatic heterocycles. The van der Waals surface area contributed by atoms with E-state index < -0.39 is 10.9 Å². The first kappa shape index (κ1) is 14.4. The van der Waals surface area contributed by atoms with Crippen LogP contribution in [0.3, 0.4) is 0 Å². The summed E-state index contributed by atoms with van der Waals surface area (Å²) in [7, 11) is 0. The second kappa shape index (κ2) is 6.00. The summed E-state index contributed by atoms with van der Waals surface area (Å²) >= 11 is 0. The van der Waals surface area contributed by atoms with Crippen LogP contribution in [-0.4, -0.2) is 21.0 Å². The molecule has 0 spiro atoms. The van der Waals surface area contributed by atoms with E-state index in [4.69, 9.17) is 9.84 Å². The average molecular weight is 288 g/mol. The molecule has 7 nitrogen and oxygen atoms in total. The molecule has 0 aliphatic rings. The molecule has 1 aromatic carbocycles. The van der Waals surface area contributed by atoms with Gasteiger partial charge in [-0.25, -0.2) is 4.98 Å². The summed E-state index contributed by atoms with van der Waals surface area (Å²) in [5.41, 5.74) is 0.872. The molecule has 0 fully saturated rings. The van der Waals surface area contributed by atoms with E-state index in [-0.39, 0.29) is 18.0 Å². The lowest BCUT2D eigenvalue weighted by Gasteiger charge is -2.07. The summed E-state index contributed by atoms with van der Waals surface area (Å²) in [4.78, 5) is 25.0. The Labute approximate surface area is 120 Å². The maximum Gasteiger partial charge on any atom is 0.331 e. The minimum atomic E-state index is -0.966. The van der Waals surface area contributed by atoms with Gasteiger partial charge in [0.05, 0.1) is 11.3 Å². The van der Waals surface area contributed by atoms with Crippen molar-refractivity contribution in [3.63, 3.8) is 0 Å². The number of hydrogen-bond acceptors (Lipinski definition) is 5. The summed E-state index contributed by atoms with van der Waals surface area (Å²) in [6, 6.07) is 9.19. The lowest BCUT2D eigenvalue weighted by molar-refractivity contribution is -0.386. The summed E-state index contributed by atoms with van der Waals surface area (Å²) in [5.74, 6) is -0.783. The van der Waals surface area contributed by atoms with Crippen LogP contribution < -0.4 is 4.74 Å². The van der Waals surface area contributed by atoms with Crippen molar-refractivity contribution in [1.82, 2.24) is 4.98 Å². The SMILES string of the molecule is Cc1ccc([N+](=O)[O-])c(Oc2cccc(CC(=O)O)c2)n1. The predicted molar refractivity (Wildman–Crippen MR) is 73.5 cm³/mol. The number of carboxylic acid groups (broad SMARTS) is 1. The van der Waals surface area contributed by atoms with E-state index in [1.807, 2.05) is 0 Å². The van der Waals surface area contributed by atoms with Crippen molar-refractivity contribution >= 4 is 11.7 Å². The van der Waals surface area contributed by atoms with Gasteiger partial charge in [0.2, 0.25) is 0 Å². The Kier molecular flexibility index (Phi) is 4.13. The number of pyridine rings is 1. The minimum Gasteiger partial charge on any atom is -0.481 e. The summed E-state index contributed by atoms with van der Waals surface area (Å²) in [6.07, 6.45) is -0.152. The summed E-state index contributed by atoms with van der Waals surface area (Å²) in [6.45, 7) is 1.69. The van der Waals surface area contributed by atoms with Crippen LogP contribution in [0.25, 0.3) is 0 Å². The van der Waals surface area contributed by atoms with E-state index in [0.29, 0.717) is 17.0 Å². The fourth-order valence-electron chi connectivity index (χ4n) is 1.74. The van der Waals surface area contributed by atoms with E-state index in [2.05, 4.69) is 4.98 Å². The molecule has 1 heterocycles. The molecule has 2 rings (SSSR count). The average Bonchev–Trinajstić information content (AvgIpc) is 2.38. The third-order valence-corrected chi connectivity index (χ3v) is 2.64. The number of aromatic nitrogens is 1. The Bertz CT molecular complexity index is 700. The molecule has 0 saturated carbocycles. The van der Waals surface area contributed by atoms with Crippen molar-refractivity contribution in [3.05, 3.63) is 57.8 Å². The lowest BCUT2D eigenvalue weighted by atomic mass is 10.1. The molecule has 0 atom stereocenters. The maximum absolute atomic E-state index is 10.9. The first-order chi connectivity index (χ1) is 9.95. The molecule has 21 heavy (non-hydrogen) atoms. The van der Waals surface area contributed by atoms with Crippen LogP contribution in [0, 0.1) is 17.0 Å². The normalized spacial score (nSPS) is 10.1. The summed E-state index contributed by atoms with van der Waals surface area (Å²) in [5, 5.41) is 19.7. The number of rotatable bonds is 5. The molecule has 0 unspecified atom stereocenters. The van der Waals surface area contributed by atoms with Crippen LogP contribution >= 0.6 is 0 Å². The van der Waals surface area contributed by atoms with Gasteiger partial charge in [-0.1, -0.05) is 12.1 Å². The fourth-order valence-corrected chi connectivity index (χ4v) is 1.74. The Balaban J connectivity index is 2.31. The van der Waals surface area contributed by atoms with Gasteiger partial charge in [0.25, 0.3) is 5.88 Å². The Hall–Kier alpha value is -2.96. The van der Waals surface area contributed by atoms with Gasteiger partial charge in [-0.2, -0.15) is 0 Å². The third-order valence-electron chi connectivity index (χ3n) is 2.64. The number of ether oxygens (including phenoxy) is 1. The third kappa shape index (κ3) is 3.75. The Morgan fingerprint density at radius 1 is 1.38 bits per heavy atom. The van der Waals surface area contributed by atoms with Crippen LogP contribution in [-0.2, 0) is 11.2 Å². The largest absolute Gasteiger partial charge is 0.481 e. The molecule has 7 heteroatoms. The van der Waals surface area contributed by atoms with E-state index in [1.54, 1.807) is 25.1 Å². The van der Waals surface area contributed by atoms with Gasteiger partial charge in [0.15, 0.2) is 0 Å². The maximum atomic E-state index is 10.9. The highest BCUT2D eigenvalue weighted by Gasteiger charge is 2.17. The monoisotopic (exact) mass is 288 g/mol. The van der Waals surface area contributed by atoms with Crippen molar-refractivity contribution in [2.45, 2.75) is 13.3 Å². The van der Waals surface area contributed by atoms with E-state index >= 15 is 0 Å². The highest BCUT2D eigenvalue weighted by Crippen LogP contribution is 2.29. The zero-order chi connectivity index (χ0) is 15.4. The van der Waals surface area contributed by atoms with Gasteiger partial charge in [0, 0.05) is 11.8 Å². The van der Waals surface area contributed by atoms with Gasteiger partial charge >= 0.3 is 11.7 Å². The Morgan fingerprint density at radius 2 is 2.14 bits per heavy atom. The number of hydrogen-bond donors (Lipinski definition) is 1. The van der Waals surface area contributed by atoms with Gasteiger partial charge in [-0.05, 0) is 30.7 Å². The molecule has 0 aliphatic carbocycles. The van der Waals surface area contributed by atoms with Gasteiger partial charge < -0.3 is 9.84 Å². The van der Waals surface area contributed by atoms with Gasteiger partial charge in [-0.3, -0.25) is 14.9 Å². The van der Waals surface area contributed by atoms with E-state index in [0.717, 1.165) is 0 Å². The van der Waals surface area contributed by atoms with Crippen molar-refractivity contribution in [2.75, 3.05) is 0 Å². The molecule has 0 saturated heterocycles. The number of aliphatic carboxylic acids is 1. The summed E-state index contributed by atoms with van der Waals surface area (Å²) < 4.78 is 5.43. The quantitative estimate of drug-likeness (QED) is 0.670. The molecule has 0 bridgehead atoms. The zero-order valence-electron chi connectivity index (χ0n) is 11.1. The standard InChI is InChI=1S/C14H12N2O5/c1-9-5-6-12(16(19)20)14(15-9)21-11-4-2-3-10(7-11)8-13(17)18/h2-7H,8H2,1H3,(H,17,18). The smallest absolute Gasteiger partial charge is 0.331 e. The molecular weight excluding hydrogens is 276 g/mol. The molecular formula is C14H12N2O5. The molecule has 108 valence electrons. The number of carbonyl (C=O) groups is 1. The van der Waals surface area contributed by atoms with E-state index in [9.17, 15) is 14.9 Å². The first-order valence-electron chi connectivity index (χ1n) is 6.06. The van der Waals surface area contributed by atoms with Crippen LogP contribution in [0.2, 0.25) is 0 Å². The number of aryl methyl sites for hydroxylation is 1. The first-order valence-corrected chi connectivity index (χ1v) is 6.06. The van der Waals surface area contributed by atoms with Crippen LogP contribution in [0.15, 0.2) is 36.4 Å². The van der Waals surface area contributed by atoms with Gasteiger partial charge in [0.1, 0.15) is 5.75 Å². The number of nitrogens with zero attached hydrogens (tertiary/aromatic N) is 2. The number of carboxylic acids is 1. The number of nitro groups is 1. The Morgan fingerprint density at radius 3 is 2.81 bits per heavy atom. The van der Waals surface area contributed by atoms with Crippen LogP contribution in [0.4, 0.5) is 5.69 Å². The van der Waals surface area contributed by atoms with E-state index in [1.165, 1.54) is 18.2 Å². The zero-order valence-corrected chi connectivity index (χ0v) is 11.1. The van der Waals surface area contributed by atoms with Crippen LogP contribution in [0.1, 0.15) is 11.3 Å².